The number of hydrogen-bond acceptors (Lipinski definition) is 9. The maximum absolute atomic E-state index is 13.2. The van der Waals surface area contributed by atoms with Crippen LogP contribution in [0.15, 0.2) is 103 Å². The van der Waals surface area contributed by atoms with E-state index in [-0.39, 0.29) is 50.2 Å². The molecule has 0 saturated carbocycles. The van der Waals surface area contributed by atoms with Crippen LogP contribution >= 0.6 is 0 Å². The number of ether oxygens (including phenoxy) is 4. The van der Waals surface area contributed by atoms with Crippen LogP contribution < -0.4 is 5.32 Å². The van der Waals surface area contributed by atoms with Gasteiger partial charge >= 0.3 is 6.09 Å². The van der Waals surface area contributed by atoms with E-state index in [4.69, 9.17) is 18.9 Å². The summed E-state index contributed by atoms with van der Waals surface area (Å²) < 4.78 is 24.3. The van der Waals surface area contributed by atoms with Crippen molar-refractivity contribution < 1.29 is 38.4 Å². The summed E-state index contributed by atoms with van der Waals surface area (Å²) in [5.41, 5.74) is 6.19. The standard InChI is InChI=1S/C42H45N3O8/c1-28-37(25-44-17-19-50-20-18-44)52-41(53-39(28)32-15-13-29(26-46)14-16-32)35-12-6-11-34(22-35)33-10-5-9-31(21-33)24-45-38(47)23-36(40(45)48)43-42(49)51-27-30-7-3-2-4-8-30/h2-16,21-22,28,36-37,39,41,46H,17-20,23-27H2,1H3,(H,43,49). The second-order valence-electron chi connectivity index (χ2n) is 13.8. The molecule has 3 fully saturated rings. The van der Waals surface area contributed by atoms with E-state index in [1.54, 1.807) is 0 Å². The second kappa shape index (κ2) is 16.8. The third kappa shape index (κ3) is 8.84. The van der Waals surface area contributed by atoms with Gasteiger partial charge in [0.2, 0.25) is 5.91 Å². The van der Waals surface area contributed by atoms with Gasteiger partial charge in [-0.1, -0.05) is 97.9 Å². The van der Waals surface area contributed by atoms with Crippen LogP contribution in [0.2, 0.25) is 0 Å². The molecule has 0 bridgehead atoms. The third-order valence-corrected chi connectivity index (χ3v) is 10.2. The van der Waals surface area contributed by atoms with Gasteiger partial charge in [-0.25, -0.2) is 4.79 Å². The average molecular weight is 720 g/mol. The molecular formula is C42H45N3O8. The number of aliphatic hydroxyl groups is 1. The maximum Gasteiger partial charge on any atom is 0.408 e. The highest BCUT2D eigenvalue weighted by molar-refractivity contribution is 6.06. The summed E-state index contributed by atoms with van der Waals surface area (Å²) in [6.45, 7) is 6.16. The average Bonchev–Trinajstić information content (AvgIpc) is 3.45. The molecule has 5 atom stereocenters. The second-order valence-corrected chi connectivity index (χ2v) is 13.8. The molecule has 276 valence electrons. The van der Waals surface area contributed by atoms with Gasteiger partial charge in [-0.3, -0.25) is 19.4 Å². The topological polar surface area (TPSA) is 127 Å². The molecule has 2 N–H and O–H groups in total. The maximum atomic E-state index is 13.2. The number of carbonyl (C=O) groups excluding carboxylic acids is 3. The predicted octanol–water partition coefficient (Wildman–Crippen LogP) is 5.52. The largest absolute Gasteiger partial charge is 0.445 e. The van der Waals surface area contributed by atoms with Crippen molar-refractivity contribution in [3.63, 3.8) is 0 Å². The molecule has 53 heavy (non-hydrogen) atoms. The van der Waals surface area contributed by atoms with Crippen molar-refractivity contribution in [2.75, 3.05) is 32.8 Å². The molecule has 3 saturated heterocycles. The Morgan fingerprint density at radius 3 is 2.30 bits per heavy atom. The molecule has 4 aromatic carbocycles. The molecule has 7 rings (SSSR count). The predicted molar refractivity (Wildman–Crippen MR) is 196 cm³/mol. The molecule has 4 aromatic rings. The third-order valence-electron chi connectivity index (χ3n) is 10.2. The first-order valence-corrected chi connectivity index (χ1v) is 18.2. The summed E-state index contributed by atoms with van der Waals surface area (Å²) in [4.78, 5) is 42.2. The summed E-state index contributed by atoms with van der Waals surface area (Å²) in [6, 6.07) is 31.9. The van der Waals surface area contributed by atoms with E-state index in [0.717, 1.165) is 58.6 Å². The van der Waals surface area contributed by atoms with Gasteiger partial charge in [-0.05, 0) is 45.5 Å². The molecule has 0 radical (unpaired) electrons. The Labute approximate surface area is 309 Å². The number of imide groups is 1. The number of aliphatic hydroxyl groups excluding tert-OH is 1. The van der Waals surface area contributed by atoms with E-state index in [2.05, 4.69) is 23.2 Å². The lowest BCUT2D eigenvalue weighted by molar-refractivity contribution is -0.277. The van der Waals surface area contributed by atoms with Gasteiger partial charge in [0.05, 0.1) is 45.0 Å². The molecule has 3 aliphatic heterocycles. The lowest BCUT2D eigenvalue weighted by Crippen LogP contribution is -2.47. The number of amides is 3. The van der Waals surface area contributed by atoms with Crippen molar-refractivity contribution in [1.29, 1.82) is 0 Å². The molecule has 0 aliphatic carbocycles. The van der Waals surface area contributed by atoms with Crippen molar-refractivity contribution in [3.8, 4) is 11.1 Å². The van der Waals surface area contributed by atoms with Crippen LogP contribution in [0, 0.1) is 5.92 Å². The van der Waals surface area contributed by atoms with E-state index in [9.17, 15) is 19.5 Å². The van der Waals surface area contributed by atoms with Gasteiger partial charge in [0.1, 0.15) is 12.6 Å². The van der Waals surface area contributed by atoms with Crippen LogP contribution in [0.4, 0.5) is 4.79 Å². The number of likely N-dealkylation sites (tertiary alicyclic amines) is 1. The van der Waals surface area contributed by atoms with E-state index < -0.39 is 24.3 Å². The highest BCUT2D eigenvalue weighted by atomic mass is 16.7. The summed E-state index contributed by atoms with van der Waals surface area (Å²) in [5.74, 6) is -0.754. The minimum atomic E-state index is -0.979. The molecule has 11 heteroatoms. The minimum Gasteiger partial charge on any atom is -0.445 e. The molecule has 5 unspecified atom stereocenters. The number of rotatable bonds is 11. The Morgan fingerprint density at radius 2 is 1.55 bits per heavy atom. The molecule has 0 spiro atoms. The van der Waals surface area contributed by atoms with Crippen LogP contribution in [-0.4, -0.2) is 77.8 Å². The minimum absolute atomic E-state index is 0.0187. The molecular weight excluding hydrogens is 674 g/mol. The molecule has 0 aromatic heterocycles. The summed E-state index contributed by atoms with van der Waals surface area (Å²) >= 11 is 0. The zero-order valence-corrected chi connectivity index (χ0v) is 29.8. The Hall–Kier alpha value is -4.91. The monoisotopic (exact) mass is 719 g/mol. The highest BCUT2D eigenvalue weighted by Crippen LogP contribution is 2.42. The fourth-order valence-electron chi connectivity index (χ4n) is 7.13. The van der Waals surface area contributed by atoms with Gasteiger partial charge < -0.3 is 29.4 Å². The van der Waals surface area contributed by atoms with Crippen LogP contribution in [0.5, 0.6) is 0 Å². The molecule has 11 nitrogen and oxygen atoms in total. The smallest absolute Gasteiger partial charge is 0.408 e. The van der Waals surface area contributed by atoms with Crippen molar-refractivity contribution in [2.24, 2.45) is 5.92 Å². The van der Waals surface area contributed by atoms with Crippen molar-refractivity contribution in [2.45, 2.75) is 57.6 Å². The molecule has 3 heterocycles. The van der Waals surface area contributed by atoms with Crippen LogP contribution in [0.3, 0.4) is 0 Å². The van der Waals surface area contributed by atoms with Crippen molar-refractivity contribution in [1.82, 2.24) is 15.1 Å². The van der Waals surface area contributed by atoms with Gasteiger partial charge in [-0.2, -0.15) is 0 Å². The fraction of sp³-hybridized carbons (Fsp3) is 0.357. The SMILES string of the molecule is CC1C(CN2CCOCC2)OC(c2cccc(-c3cccc(CN4C(=O)CC(NC(=O)OCc5ccccc5)C4=O)c3)c2)OC1c1ccc(CO)cc1. The van der Waals surface area contributed by atoms with Gasteiger partial charge in [0.25, 0.3) is 5.91 Å². The first kappa shape index (κ1) is 36.4. The number of morpholine rings is 1. The van der Waals surface area contributed by atoms with Crippen molar-refractivity contribution >= 4 is 17.9 Å². The van der Waals surface area contributed by atoms with E-state index in [1.165, 1.54) is 4.90 Å². The van der Waals surface area contributed by atoms with E-state index in [0.29, 0.717) is 13.2 Å². The van der Waals surface area contributed by atoms with Gasteiger partial charge in [0, 0.05) is 31.1 Å². The molecule has 3 amide bonds. The number of hydrogen-bond donors (Lipinski definition) is 2. The Morgan fingerprint density at radius 1 is 0.830 bits per heavy atom. The lowest BCUT2D eigenvalue weighted by atomic mass is 9.89. The van der Waals surface area contributed by atoms with E-state index >= 15 is 0 Å². The summed E-state index contributed by atoms with van der Waals surface area (Å²) in [5, 5.41) is 12.2. The number of alkyl carbamates (subject to hydrolysis) is 1. The number of carbonyl (C=O) groups is 3. The van der Waals surface area contributed by atoms with Crippen LogP contribution in [-0.2, 0) is 48.3 Å². The van der Waals surface area contributed by atoms with Gasteiger partial charge in [-0.15, -0.1) is 0 Å². The Bertz CT molecular complexity index is 1880. The first-order valence-electron chi connectivity index (χ1n) is 18.2. The fourth-order valence-corrected chi connectivity index (χ4v) is 7.13. The summed E-state index contributed by atoms with van der Waals surface area (Å²) in [6.07, 6.45) is -1.81. The van der Waals surface area contributed by atoms with E-state index in [1.807, 2.05) is 97.1 Å². The quantitative estimate of drug-likeness (QED) is 0.193. The number of nitrogens with one attached hydrogen (secondary N) is 1. The Balaban J connectivity index is 1.04. The molecule has 3 aliphatic rings. The van der Waals surface area contributed by atoms with Crippen LogP contribution in [0.25, 0.3) is 11.1 Å². The lowest BCUT2D eigenvalue weighted by Gasteiger charge is -2.43. The van der Waals surface area contributed by atoms with Crippen LogP contribution in [0.1, 0.15) is 53.6 Å². The Kier molecular flexibility index (Phi) is 11.6. The zero-order chi connectivity index (χ0) is 36.7. The normalized spacial score (nSPS) is 23.6. The highest BCUT2D eigenvalue weighted by Gasteiger charge is 2.41. The zero-order valence-electron chi connectivity index (χ0n) is 29.8. The van der Waals surface area contributed by atoms with Gasteiger partial charge in [0.15, 0.2) is 6.29 Å². The van der Waals surface area contributed by atoms with Crippen molar-refractivity contribution in [3.05, 3.63) is 131 Å². The first-order chi connectivity index (χ1) is 25.8. The number of nitrogens with zero attached hydrogens (tertiary/aromatic N) is 2. The number of benzene rings is 4. The summed E-state index contributed by atoms with van der Waals surface area (Å²) in [7, 11) is 0.